The molecule has 10 heteroatoms. The summed E-state index contributed by atoms with van der Waals surface area (Å²) in [5.41, 5.74) is 0.815. The number of rotatable bonds is 9. The van der Waals surface area contributed by atoms with Gasteiger partial charge >= 0.3 is 0 Å². The lowest BCUT2D eigenvalue weighted by Crippen LogP contribution is -2.38. The third-order valence-electron chi connectivity index (χ3n) is 4.90. The first-order valence-corrected chi connectivity index (χ1v) is 11.5. The summed E-state index contributed by atoms with van der Waals surface area (Å²) in [6, 6.07) is 15.0. The van der Waals surface area contributed by atoms with Gasteiger partial charge in [-0.3, -0.25) is 13.9 Å². The minimum absolute atomic E-state index is 0.0869. The fourth-order valence-electron chi connectivity index (χ4n) is 3.17. The zero-order valence-corrected chi connectivity index (χ0v) is 19.6. The largest absolute Gasteiger partial charge is 0.493 e. The van der Waals surface area contributed by atoms with Crippen LogP contribution in [0.4, 0.5) is 15.8 Å². The van der Waals surface area contributed by atoms with E-state index in [1.165, 1.54) is 57.5 Å². The van der Waals surface area contributed by atoms with Crippen LogP contribution < -0.4 is 19.1 Å². The Bertz CT molecular complexity index is 1310. The van der Waals surface area contributed by atoms with Gasteiger partial charge in [-0.15, -0.1) is 0 Å². The molecule has 0 saturated carbocycles. The second-order valence-corrected chi connectivity index (χ2v) is 9.05. The molecular weight excluding hydrogens is 463 g/mol. The Morgan fingerprint density at radius 1 is 0.941 bits per heavy atom. The first-order valence-electron chi connectivity index (χ1n) is 10.1. The molecule has 0 radical (unpaired) electrons. The maximum atomic E-state index is 13.5. The number of sulfonamides is 1. The van der Waals surface area contributed by atoms with Crippen molar-refractivity contribution in [1.29, 1.82) is 0 Å². The van der Waals surface area contributed by atoms with Crippen molar-refractivity contribution in [2.24, 2.45) is 0 Å². The van der Waals surface area contributed by atoms with Crippen molar-refractivity contribution in [3.8, 4) is 11.5 Å². The Labute approximate surface area is 197 Å². The molecular formula is C24H23FN2O6S. The number of nitrogens with one attached hydrogen (secondary N) is 1. The third-order valence-corrected chi connectivity index (χ3v) is 6.67. The summed E-state index contributed by atoms with van der Waals surface area (Å²) in [6.07, 6.45) is 0. The normalized spacial score (nSPS) is 10.9. The molecule has 0 atom stereocenters. The Kier molecular flexibility index (Phi) is 7.52. The highest BCUT2D eigenvalue weighted by Crippen LogP contribution is 2.32. The van der Waals surface area contributed by atoms with Crippen LogP contribution in [-0.4, -0.2) is 40.9 Å². The number of ether oxygens (including phenoxy) is 2. The van der Waals surface area contributed by atoms with Crippen LogP contribution in [0.15, 0.2) is 71.6 Å². The van der Waals surface area contributed by atoms with Gasteiger partial charge in [0.15, 0.2) is 17.3 Å². The van der Waals surface area contributed by atoms with Crippen LogP contribution in [0.5, 0.6) is 11.5 Å². The van der Waals surface area contributed by atoms with Crippen LogP contribution in [0, 0.1) is 5.82 Å². The molecule has 0 aromatic heterocycles. The van der Waals surface area contributed by atoms with Crippen LogP contribution >= 0.6 is 0 Å². The first-order chi connectivity index (χ1) is 16.1. The molecule has 0 aliphatic carbocycles. The molecule has 0 heterocycles. The fourth-order valence-corrected chi connectivity index (χ4v) is 4.61. The SMILES string of the molecule is COc1ccc(S(=O)(=O)N(CC(=O)Nc2cccc(C(C)=O)c2)c2ccc(F)cc2)cc1OC. The van der Waals surface area contributed by atoms with E-state index in [9.17, 15) is 22.4 Å². The molecule has 1 N–H and O–H groups in total. The van der Waals surface area contributed by atoms with Gasteiger partial charge in [-0.2, -0.15) is 0 Å². The van der Waals surface area contributed by atoms with Crippen LogP contribution in [0.25, 0.3) is 0 Å². The lowest BCUT2D eigenvalue weighted by Gasteiger charge is -2.24. The lowest BCUT2D eigenvalue weighted by atomic mass is 10.1. The summed E-state index contributed by atoms with van der Waals surface area (Å²) in [4.78, 5) is 24.3. The number of carbonyl (C=O) groups is 2. The van der Waals surface area contributed by atoms with Crippen molar-refractivity contribution in [2.75, 3.05) is 30.4 Å². The van der Waals surface area contributed by atoms with Crippen LogP contribution in [0.3, 0.4) is 0 Å². The summed E-state index contributed by atoms with van der Waals surface area (Å²) in [5.74, 6) is -0.877. The maximum Gasteiger partial charge on any atom is 0.264 e. The second-order valence-electron chi connectivity index (χ2n) is 7.19. The van der Waals surface area contributed by atoms with E-state index in [0.717, 1.165) is 16.4 Å². The standard InChI is InChI=1S/C24H23FN2O6S/c1-16(28)17-5-4-6-19(13-17)26-24(29)15-27(20-9-7-18(25)8-10-20)34(30,31)21-11-12-22(32-2)23(14-21)33-3/h4-14H,15H2,1-3H3,(H,26,29). The Morgan fingerprint density at radius 3 is 2.24 bits per heavy atom. The van der Waals surface area contributed by atoms with Crippen molar-refractivity contribution in [1.82, 2.24) is 0 Å². The van der Waals surface area contributed by atoms with Gasteiger partial charge in [-0.05, 0) is 55.5 Å². The second kappa shape index (κ2) is 10.3. The van der Waals surface area contributed by atoms with E-state index in [2.05, 4.69) is 5.32 Å². The molecule has 3 aromatic rings. The molecule has 0 aliphatic heterocycles. The highest BCUT2D eigenvalue weighted by molar-refractivity contribution is 7.92. The average Bonchev–Trinajstić information content (AvgIpc) is 2.82. The number of Topliss-reactive ketones (excluding diaryl/α,β-unsaturated/α-hetero) is 1. The molecule has 0 saturated heterocycles. The van der Waals surface area contributed by atoms with Gasteiger partial charge in [0.2, 0.25) is 5.91 Å². The van der Waals surface area contributed by atoms with Gasteiger partial charge in [0.25, 0.3) is 10.0 Å². The number of halogens is 1. The van der Waals surface area contributed by atoms with E-state index in [1.807, 2.05) is 0 Å². The summed E-state index contributed by atoms with van der Waals surface area (Å²) < 4.78 is 51.8. The van der Waals surface area contributed by atoms with Gasteiger partial charge in [0, 0.05) is 17.3 Å². The molecule has 8 nitrogen and oxygen atoms in total. The molecule has 34 heavy (non-hydrogen) atoms. The van der Waals surface area contributed by atoms with E-state index >= 15 is 0 Å². The van der Waals surface area contributed by atoms with Gasteiger partial charge < -0.3 is 14.8 Å². The number of nitrogens with zero attached hydrogens (tertiary/aromatic N) is 1. The zero-order chi connectivity index (χ0) is 24.9. The Morgan fingerprint density at radius 2 is 1.62 bits per heavy atom. The quantitative estimate of drug-likeness (QED) is 0.461. The first kappa shape index (κ1) is 24.7. The number of ketones is 1. The van der Waals surface area contributed by atoms with Crippen molar-refractivity contribution in [3.05, 3.63) is 78.1 Å². The molecule has 0 fully saturated rings. The monoisotopic (exact) mass is 486 g/mol. The summed E-state index contributed by atoms with van der Waals surface area (Å²) in [5, 5.41) is 2.60. The van der Waals surface area contributed by atoms with E-state index in [-0.39, 0.29) is 22.1 Å². The summed E-state index contributed by atoms with van der Waals surface area (Å²) >= 11 is 0. The van der Waals surface area contributed by atoms with Crippen LogP contribution in [-0.2, 0) is 14.8 Å². The van der Waals surface area contributed by atoms with Crippen molar-refractivity contribution in [3.63, 3.8) is 0 Å². The molecule has 0 unspecified atom stereocenters. The molecule has 0 aliphatic rings. The highest BCUT2D eigenvalue weighted by atomic mass is 32.2. The lowest BCUT2D eigenvalue weighted by molar-refractivity contribution is -0.114. The molecule has 1 amide bonds. The average molecular weight is 487 g/mol. The number of hydrogen-bond acceptors (Lipinski definition) is 6. The number of benzene rings is 3. The van der Waals surface area contributed by atoms with Crippen molar-refractivity contribution in [2.45, 2.75) is 11.8 Å². The topological polar surface area (TPSA) is 102 Å². The third kappa shape index (κ3) is 5.52. The van der Waals surface area contributed by atoms with Gasteiger partial charge in [0.1, 0.15) is 12.4 Å². The number of amides is 1. The summed E-state index contributed by atoms with van der Waals surface area (Å²) in [6.45, 7) is 0.791. The molecule has 3 rings (SSSR count). The highest BCUT2D eigenvalue weighted by Gasteiger charge is 2.28. The maximum absolute atomic E-state index is 13.5. The molecule has 0 bridgehead atoms. The van der Waals surface area contributed by atoms with E-state index < -0.39 is 28.3 Å². The predicted molar refractivity (Wildman–Crippen MR) is 126 cm³/mol. The molecule has 0 spiro atoms. The van der Waals surface area contributed by atoms with Gasteiger partial charge in [-0.1, -0.05) is 12.1 Å². The van der Waals surface area contributed by atoms with Gasteiger partial charge in [-0.25, -0.2) is 12.8 Å². The number of hydrogen-bond donors (Lipinski definition) is 1. The van der Waals surface area contributed by atoms with E-state index in [1.54, 1.807) is 18.2 Å². The minimum Gasteiger partial charge on any atom is -0.493 e. The minimum atomic E-state index is -4.27. The smallest absolute Gasteiger partial charge is 0.264 e. The van der Waals surface area contributed by atoms with Crippen molar-refractivity contribution < 1.29 is 31.9 Å². The molecule has 178 valence electrons. The number of methoxy groups -OCH3 is 2. The zero-order valence-electron chi connectivity index (χ0n) is 18.7. The van der Waals surface area contributed by atoms with Crippen molar-refractivity contribution >= 4 is 33.1 Å². The number of anilines is 2. The fraction of sp³-hybridized carbons (Fsp3) is 0.167. The van der Waals surface area contributed by atoms with Crippen LogP contribution in [0.1, 0.15) is 17.3 Å². The number of carbonyl (C=O) groups excluding carboxylic acids is 2. The molecule has 3 aromatic carbocycles. The van der Waals surface area contributed by atoms with Gasteiger partial charge in [0.05, 0.1) is 24.8 Å². The van der Waals surface area contributed by atoms with E-state index in [0.29, 0.717) is 17.0 Å². The summed E-state index contributed by atoms with van der Waals surface area (Å²) in [7, 11) is -1.48. The Hall–Kier alpha value is -3.92. The predicted octanol–water partition coefficient (Wildman–Crippen LogP) is 3.88. The Balaban J connectivity index is 1.97. The van der Waals surface area contributed by atoms with E-state index in [4.69, 9.17) is 9.47 Å². The van der Waals surface area contributed by atoms with Crippen LogP contribution in [0.2, 0.25) is 0 Å².